The van der Waals surface area contributed by atoms with Gasteiger partial charge in [-0.25, -0.2) is 4.98 Å². The highest BCUT2D eigenvalue weighted by molar-refractivity contribution is 5.63. The Morgan fingerprint density at radius 3 is 2.94 bits per heavy atom. The van der Waals surface area contributed by atoms with Crippen LogP contribution in [0.25, 0.3) is 0 Å². The van der Waals surface area contributed by atoms with Gasteiger partial charge < -0.3 is 11.1 Å². The summed E-state index contributed by atoms with van der Waals surface area (Å²) < 4.78 is 0. The van der Waals surface area contributed by atoms with Crippen LogP contribution in [0.4, 0.5) is 11.5 Å². The zero-order valence-electron chi connectivity index (χ0n) is 9.31. The molecule has 0 bridgehead atoms. The number of anilines is 2. The predicted octanol–water partition coefficient (Wildman–Crippen LogP) is 1.43. The summed E-state index contributed by atoms with van der Waals surface area (Å²) in [4.78, 5) is 4.11. The van der Waals surface area contributed by atoms with Gasteiger partial charge in [0.15, 0.2) is 0 Å². The van der Waals surface area contributed by atoms with Gasteiger partial charge in [-0.1, -0.05) is 0 Å². The largest absolute Gasteiger partial charge is 0.396 e. The van der Waals surface area contributed by atoms with Gasteiger partial charge in [0, 0.05) is 18.0 Å². The predicted molar refractivity (Wildman–Crippen MR) is 64.0 cm³/mol. The minimum atomic E-state index is 0.0384. The molecule has 6 heteroatoms. The summed E-state index contributed by atoms with van der Waals surface area (Å²) in [5, 5.41) is 18.5. The van der Waals surface area contributed by atoms with Gasteiger partial charge in [-0.15, -0.1) is 0 Å². The molecule has 0 fully saturated rings. The number of aromatic amines is 1. The van der Waals surface area contributed by atoms with E-state index in [4.69, 9.17) is 11.0 Å². The first-order valence-corrected chi connectivity index (χ1v) is 5.11. The molecule has 2 aromatic rings. The monoisotopic (exact) mass is 228 g/mol. The molecule has 6 nitrogen and oxygen atoms in total. The highest BCUT2D eigenvalue weighted by Crippen LogP contribution is 2.21. The highest BCUT2D eigenvalue weighted by atomic mass is 15.1. The maximum atomic E-state index is 8.71. The zero-order valence-corrected chi connectivity index (χ0v) is 9.31. The number of pyridine rings is 1. The van der Waals surface area contributed by atoms with E-state index in [1.54, 1.807) is 18.5 Å². The summed E-state index contributed by atoms with van der Waals surface area (Å²) in [6.07, 6.45) is 5.02. The summed E-state index contributed by atoms with van der Waals surface area (Å²) in [5.74, 6) is 0.567. The molecule has 0 aliphatic rings. The summed E-state index contributed by atoms with van der Waals surface area (Å²) in [6, 6.07) is 3.62. The van der Waals surface area contributed by atoms with Gasteiger partial charge in [0.25, 0.3) is 0 Å². The number of nitrogens with zero attached hydrogens (tertiary/aromatic N) is 3. The summed E-state index contributed by atoms with van der Waals surface area (Å²) in [6.45, 7) is 1.98. The Kier molecular flexibility index (Phi) is 2.92. The van der Waals surface area contributed by atoms with E-state index in [2.05, 4.69) is 20.5 Å². The fourth-order valence-electron chi connectivity index (χ4n) is 1.45. The average molecular weight is 228 g/mol. The van der Waals surface area contributed by atoms with E-state index in [9.17, 15) is 0 Å². The van der Waals surface area contributed by atoms with E-state index in [-0.39, 0.29) is 6.04 Å². The Morgan fingerprint density at radius 2 is 2.35 bits per heavy atom. The molecule has 0 spiro atoms. The molecule has 2 heterocycles. The molecule has 17 heavy (non-hydrogen) atoms. The lowest BCUT2D eigenvalue weighted by atomic mass is 10.2. The molecule has 86 valence electrons. The van der Waals surface area contributed by atoms with Gasteiger partial charge in [-0.05, 0) is 13.0 Å². The van der Waals surface area contributed by atoms with Crippen molar-refractivity contribution in [2.24, 2.45) is 0 Å². The number of nitrogens with two attached hydrogens (primary N) is 1. The molecule has 0 aromatic carbocycles. The second-order valence-corrected chi connectivity index (χ2v) is 3.67. The molecule has 0 aliphatic carbocycles. The second kappa shape index (κ2) is 4.53. The number of hydrogen-bond acceptors (Lipinski definition) is 5. The van der Waals surface area contributed by atoms with Crippen molar-refractivity contribution in [1.82, 2.24) is 15.2 Å². The molecular formula is C11H12N6. The number of nitrogen functional groups attached to an aromatic ring is 1. The van der Waals surface area contributed by atoms with Crippen LogP contribution in [0.15, 0.2) is 24.7 Å². The third kappa shape index (κ3) is 2.34. The maximum absolute atomic E-state index is 8.71. The molecule has 2 aromatic heterocycles. The normalized spacial score (nSPS) is 11.8. The van der Waals surface area contributed by atoms with E-state index in [0.717, 1.165) is 5.56 Å². The summed E-state index contributed by atoms with van der Waals surface area (Å²) >= 11 is 0. The fraction of sp³-hybridized carbons (Fsp3) is 0.182. The van der Waals surface area contributed by atoms with Gasteiger partial charge in [0.2, 0.25) is 0 Å². The Balaban J connectivity index is 2.17. The van der Waals surface area contributed by atoms with Crippen LogP contribution < -0.4 is 11.1 Å². The van der Waals surface area contributed by atoms with Gasteiger partial charge in [-0.3, -0.25) is 5.10 Å². The molecule has 1 unspecified atom stereocenters. The van der Waals surface area contributed by atoms with Crippen LogP contribution in [0.2, 0.25) is 0 Å². The molecular weight excluding hydrogens is 216 g/mol. The number of rotatable bonds is 3. The van der Waals surface area contributed by atoms with E-state index in [1.807, 2.05) is 13.0 Å². The topological polar surface area (TPSA) is 103 Å². The Hall–Kier alpha value is -2.55. The minimum absolute atomic E-state index is 0.0384. The van der Waals surface area contributed by atoms with Crippen molar-refractivity contribution in [3.63, 3.8) is 0 Å². The summed E-state index contributed by atoms with van der Waals surface area (Å²) in [7, 11) is 0. The van der Waals surface area contributed by atoms with Crippen LogP contribution in [0.1, 0.15) is 24.1 Å². The quantitative estimate of drug-likeness (QED) is 0.737. The Bertz CT molecular complexity index is 540. The minimum Gasteiger partial charge on any atom is -0.396 e. The zero-order chi connectivity index (χ0) is 12.3. The average Bonchev–Trinajstić information content (AvgIpc) is 2.85. The maximum Gasteiger partial charge on any atom is 0.149 e. The van der Waals surface area contributed by atoms with Crippen molar-refractivity contribution in [3.8, 4) is 6.07 Å². The van der Waals surface area contributed by atoms with Crippen molar-refractivity contribution >= 4 is 11.5 Å². The smallest absolute Gasteiger partial charge is 0.149 e. The number of aromatic nitrogens is 3. The highest BCUT2D eigenvalue weighted by Gasteiger charge is 2.09. The summed E-state index contributed by atoms with van der Waals surface area (Å²) in [5.41, 5.74) is 7.71. The third-order valence-corrected chi connectivity index (χ3v) is 2.42. The van der Waals surface area contributed by atoms with Crippen molar-refractivity contribution in [2.75, 3.05) is 11.1 Å². The molecule has 0 amide bonds. The molecule has 0 radical (unpaired) electrons. The van der Waals surface area contributed by atoms with Crippen LogP contribution in [0.3, 0.4) is 0 Å². The van der Waals surface area contributed by atoms with Crippen LogP contribution in [0.5, 0.6) is 0 Å². The first-order valence-electron chi connectivity index (χ1n) is 5.11. The van der Waals surface area contributed by atoms with Gasteiger partial charge >= 0.3 is 0 Å². The molecule has 0 aliphatic heterocycles. The number of nitriles is 1. The van der Waals surface area contributed by atoms with Gasteiger partial charge in [0.1, 0.15) is 11.9 Å². The van der Waals surface area contributed by atoms with Gasteiger partial charge in [0.05, 0.1) is 23.5 Å². The van der Waals surface area contributed by atoms with Crippen molar-refractivity contribution < 1.29 is 0 Å². The first kappa shape index (κ1) is 11.0. The molecule has 0 saturated heterocycles. The second-order valence-electron chi connectivity index (χ2n) is 3.67. The van der Waals surface area contributed by atoms with Gasteiger partial charge in [-0.2, -0.15) is 10.4 Å². The number of nitrogens with one attached hydrogen (secondary N) is 2. The SMILES string of the molecule is CC(Nc1ncc(C#N)cc1N)c1cn[nH]c1. The van der Waals surface area contributed by atoms with Crippen LogP contribution in [-0.4, -0.2) is 15.2 Å². The lowest BCUT2D eigenvalue weighted by molar-refractivity contribution is 0.876. The van der Waals surface area contributed by atoms with Crippen LogP contribution >= 0.6 is 0 Å². The Morgan fingerprint density at radius 1 is 1.53 bits per heavy atom. The first-order chi connectivity index (χ1) is 8.20. The number of hydrogen-bond donors (Lipinski definition) is 3. The standard InChI is InChI=1S/C11H12N6/c1-7(9-5-15-16-6-9)17-11-10(13)2-8(3-12)4-14-11/h2,4-7H,13H2,1H3,(H,14,17)(H,15,16). The van der Waals surface area contributed by atoms with Crippen molar-refractivity contribution in [3.05, 3.63) is 35.8 Å². The lowest BCUT2D eigenvalue weighted by Gasteiger charge is -2.14. The van der Waals surface area contributed by atoms with Crippen LogP contribution in [-0.2, 0) is 0 Å². The van der Waals surface area contributed by atoms with E-state index in [0.29, 0.717) is 17.1 Å². The van der Waals surface area contributed by atoms with E-state index < -0.39 is 0 Å². The van der Waals surface area contributed by atoms with Crippen molar-refractivity contribution in [2.45, 2.75) is 13.0 Å². The lowest BCUT2D eigenvalue weighted by Crippen LogP contribution is -2.09. The number of H-pyrrole nitrogens is 1. The van der Waals surface area contributed by atoms with E-state index >= 15 is 0 Å². The molecule has 0 saturated carbocycles. The molecule has 2 rings (SSSR count). The van der Waals surface area contributed by atoms with Crippen LogP contribution in [0, 0.1) is 11.3 Å². The molecule has 4 N–H and O–H groups in total. The molecule has 1 atom stereocenters. The van der Waals surface area contributed by atoms with E-state index in [1.165, 1.54) is 6.20 Å². The third-order valence-electron chi connectivity index (χ3n) is 2.42. The Labute approximate surface area is 98.5 Å². The fourth-order valence-corrected chi connectivity index (χ4v) is 1.45. The van der Waals surface area contributed by atoms with Crippen molar-refractivity contribution in [1.29, 1.82) is 5.26 Å².